The Bertz CT molecular complexity index is 737. The maximum absolute atomic E-state index is 12.2. The van der Waals surface area contributed by atoms with Crippen molar-refractivity contribution in [3.8, 4) is 17.2 Å². The number of benzene rings is 2. The number of amides is 1. The van der Waals surface area contributed by atoms with Crippen molar-refractivity contribution in [2.45, 2.75) is 33.2 Å². The number of aryl methyl sites for hydroxylation is 2. The summed E-state index contributed by atoms with van der Waals surface area (Å²) in [5, 5.41) is 2.98. The van der Waals surface area contributed by atoms with Crippen molar-refractivity contribution in [3.63, 3.8) is 0 Å². The Morgan fingerprint density at radius 1 is 1.00 bits per heavy atom. The summed E-state index contributed by atoms with van der Waals surface area (Å²) in [7, 11) is 3.22. The molecule has 140 valence electrons. The van der Waals surface area contributed by atoms with Gasteiger partial charge < -0.3 is 19.5 Å². The second kappa shape index (κ2) is 9.13. The zero-order valence-corrected chi connectivity index (χ0v) is 16.1. The van der Waals surface area contributed by atoms with Gasteiger partial charge in [-0.25, -0.2) is 0 Å². The van der Waals surface area contributed by atoms with Crippen LogP contribution < -0.4 is 19.5 Å². The van der Waals surface area contributed by atoms with E-state index in [9.17, 15) is 4.79 Å². The number of carbonyl (C=O) groups is 1. The average Bonchev–Trinajstić information content (AvgIpc) is 2.60. The molecule has 0 bridgehead atoms. The van der Waals surface area contributed by atoms with Crippen LogP contribution in [0.2, 0.25) is 0 Å². The molecule has 2 aromatic carbocycles. The summed E-state index contributed by atoms with van der Waals surface area (Å²) in [6, 6.07) is 11.4. The van der Waals surface area contributed by atoms with Crippen LogP contribution >= 0.6 is 0 Å². The van der Waals surface area contributed by atoms with Crippen molar-refractivity contribution in [3.05, 3.63) is 53.1 Å². The van der Waals surface area contributed by atoms with Crippen LogP contribution in [-0.2, 0) is 4.79 Å². The molecule has 5 heteroatoms. The third kappa shape index (κ3) is 5.41. The Balaban J connectivity index is 1.91. The molecule has 0 saturated heterocycles. The van der Waals surface area contributed by atoms with Gasteiger partial charge in [-0.3, -0.25) is 4.79 Å². The van der Waals surface area contributed by atoms with Crippen LogP contribution in [0.25, 0.3) is 0 Å². The molecular formula is C21H27NO4. The number of carbonyl (C=O) groups excluding carboxylic acids is 1. The van der Waals surface area contributed by atoms with E-state index in [0.29, 0.717) is 12.4 Å². The second-order valence-corrected chi connectivity index (χ2v) is 6.32. The number of methoxy groups -OCH3 is 2. The van der Waals surface area contributed by atoms with Gasteiger partial charge in [0.05, 0.1) is 33.3 Å². The third-order valence-electron chi connectivity index (χ3n) is 4.07. The fourth-order valence-corrected chi connectivity index (χ4v) is 2.85. The Morgan fingerprint density at radius 3 is 2.31 bits per heavy atom. The van der Waals surface area contributed by atoms with Crippen molar-refractivity contribution >= 4 is 5.91 Å². The number of hydrogen-bond acceptors (Lipinski definition) is 4. The molecule has 2 rings (SSSR count). The normalized spacial score (nSPS) is 11.6. The van der Waals surface area contributed by atoms with Gasteiger partial charge in [-0.05, 0) is 62.2 Å². The maximum atomic E-state index is 12.2. The van der Waals surface area contributed by atoms with E-state index in [1.165, 1.54) is 0 Å². The van der Waals surface area contributed by atoms with E-state index in [-0.39, 0.29) is 18.4 Å². The fraction of sp³-hybridized carbons (Fsp3) is 0.381. The van der Waals surface area contributed by atoms with Crippen LogP contribution in [0.4, 0.5) is 0 Å². The average molecular weight is 357 g/mol. The van der Waals surface area contributed by atoms with E-state index in [1.54, 1.807) is 14.2 Å². The number of ether oxygens (including phenoxy) is 3. The first-order valence-corrected chi connectivity index (χ1v) is 8.65. The van der Waals surface area contributed by atoms with Gasteiger partial charge in [0.15, 0.2) is 0 Å². The molecule has 0 aliphatic heterocycles. The van der Waals surface area contributed by atoms with Gasteiger partial charge in [0, 0.05) is 5.56 Å². The van der Waals surface area contributed by atoms with Crippen LogP contribution in [-0.4, -0.2) is 26.7 Å². The third-order valence-corrected chi connectivity index (χ3v) is 4.07. The molecule has 1 amide bonds. The van der Waals surface area contributed by atoms with Crippen molar-refractivity contribution in [2.24, 2.45) is 0 Å². The number of rotatable bonds is 8. The molecule has 1 atom stereocenters. The lowest BCUT2D eigenvalue weighted by molar-refractivity contribution is -0.122. The summed E-state index contributed by atoms with van der Waals surface area (Å²) >= 11 is 0. The molecule has 5 nitrogen and oxygen atoms in total. The van der Waals surface area contributed by atoms with E-state index in [2.05, 4.69) is 11.4 Å². The van der Waals surface area contributed by atoms with Crippen molar-refractivity contribution in [1.82, 2.24) is 5.32 Å². The quantitative estimate of drug-likeness (QED) is 0.777. The van der Waals surface area contributed by atoms with Crippen LogP contribution in [0.15, 0.2) is 36.4 Å². The molecule has 0 aromatic heterocycles. The molecule has 1 N–H and O–H groups in total. The van der Waals surface area contributed by atoms with Crippen LogP contribution in [0.5, 0.6) is 17.2 Å². The van der Waals surface area contributed by atoms with Crippen LogP contribution in [0, 0.1) is 13.8 Å². The zero-order valence-electron chi connectivity index (χ0n) is 16.1. The second-order valence-electron chi connectivity index (χ2n) is 6.32. The minimum atomic E-state index is -0.200. The molecule has 0 aliphatic carbocycles. The fourth-order valence-electron chi connectivity index (χ4n) is 2.85. The summed E-state index contributed by atoms with van der Waals surface area (Å²) in [5.41, 5.74) is 3.15. The zero-order chi connectivity index (χ0) is 19.1. The summed E-state index contributed by atoms with van der Waals surface area (Å²) in [5.74, 6) is 2.15. The van der Waals surface area contributed by atoms with Gasteiger partial charge in [-0.15, -0.1) is 0 Å². The lowest BCUT2D eigenvalue weighted by Crippen LogP contribution is -2.28. The highest BCUT2D eigenvalue weighted by molar-refractivity contribution is 5.76. The summed E-state index contributed by atoms with van der Waals surface area (Å²) in [6.07, 6.45) is 0.281. The largest absolute Gasteiger partial charge is 0.497 e. The minimum Gasteiger partial charge on any atom is -0.497 e. The Labute approximate surface area is 155 Å². The highest BCUT2D eigenvalue weighted by Gasteiger charge is 2.15. The molecule has 0 aliphatic rings. The molecule has 1 unspecified atom stereocenters. The molecule has 0 heterocycles. The monoisotopic (exact) mass is 357 g/mol. The molecule has 0 saturated carbocycles. The highest BCUT2D eigenvalue weighted by atomic mass is 16.5. The summed E-state index contributed by atoms with van der Waals surface area (Å²) in [4.78, 5) is 12.2. The molecule has 2 aromatic rings. The maximum Gasteiger partial charge on any atom is 0.223 e. The SMILES string of the molecule is COc1ccc(OC)c(C(C)NC(=O)CCOc2cc(C)cc(C)c2)c1. The molecule has 0 radical (unpaired) electrons. The first-order chi connectivity index (χ1) is 12.4. The lowest BCUT2D eigenvalue weighted by Gasteiger charge is -2.18. The number of nitrogens with one attached hydrogen (secondary N) is 1. The number of hydrogen-bond donors (Lipinski definition) is 1. The molecule has 0 spiro atoms. The van der Waals surface area contributed by atoms with E-state index in [4.69, 9.17) is 14.2 Å². The van der Waals surface area contributed by atoms with E-state index in [0.717, 1.165) is 28.2 Å². The predicted molar refractivity (Wildman–Crippen MR) is 102 cm³/mol. The van der Waals surface area contributed by atoms with Crippen LogP contribution in [0.1, 0.15) is 36.1 Å². The Hall–Kier alpha value is -2.69. The van der Waals surface area contributed by atoms with E-state index in [1.807, 2.05) is 51.1 Å². The first kappa shape index (κ1) is 19.6. The van der Waals surface area contributed by atoms with Gasteiger partial charge in [0.2, 0.25) is 5.91 Å². The smallest absolute Gasteiger partial charge is 0.223 e. The van der Waals surface area contributed by atoms with Gasteiger partial charge >= 0.3 is 0 Å². The Morgan fingerprint density at radius 2 is 1.69 bits per heavy atom. The van der Waals surface area contributed by atoms with Gasteiger partial charge in [-0.1, -0.05) is 6.07 Å². The van der Waals surface area contributed by atoms with Gasteiger partial charge in [0.25, 0.3) is 0 Å². The van der Waals surface area contributed by atoms with E-state index < -0.39 is 0 Å². The molecule has 0 fully saturated rings. The van der Waals surface area contributed by atoms with Crippen molar-refractivity contribution in [1.29, 1.82) is 0 Å². The standard InChI is InChI=1S/C21H27NO4/c1-14-10-15(2)12-18(11-14)26-9-8-21(23)22-16(3)19-13-17(24-4)6-7-20(19)25-5/h6-7,10-13,16H,8-9H2,1-5H3,(H,22,23). The van der Waals surface area contributed by atoms with Gasteiger partial charge in [-0.2, -0.15) is 0 Å². The van der Waals surface area contributed by atoms with Crippen molar-refractivity contribution in [2.75, 3.05) is 20.8 Å². The summed E-state index contributed by atoms with van der Waals surface area (Å²) in [6.45, 7) is 6.29. The first-order valence-electron chi connectivity index (χ1n) is 8.65. The van der Waals surface area contributed by atoms with Crippen LogP contribution in [0.3, 0.4) is 0 Å². The molecular weight excluding hydrogens is 330 g/mol. The highest BCUT2D eigenvalue weighted by Crippen LogP contribution is 2.29. The summed E-state index contributed by atoms with van der Waals surface area (Å²) < 4.78 is 16.3. The molecule has 26 heavy (non-hydrogen) atoms. The lowest BCUT2D eigenvalue weighted by atomic mass is 10.1. The topological polar surface area (TPSA) is 56.8 Å². The van der Waals surface area contributed by atoms with Crippen molar-refractivity contribution < 1.29 is 19.0 Å². The van der Waals surface area contributed by atoms with E-state index >= 15 is 0 Å². The minimum absolute atomic E-state index is 0.0771. The van der Waals surface area contributed by atoms with Gasteiger partial charge in [0.1, 0.15) is 17.2 Å². The predicted octanol–water partition coefficient (Wildman–Crippen LogP) is 3.97. The Kier molecular flexibility index (Phi) is 6.89.